The number of hydrogen-bond donors (Lipinski definition) is 2. The normalized spacial score (nSPS) is 27.3. The number of thioether (sulfide) groups is 1. The number of nitrogens with one attached hydrogen (secondary N) is 2. The number of rotatable bonds is 3. The Morgan fingerprint density at radius 1 is 1.12 bits per heavy atom. The first-order valence-electron chi connectivity index (χ1n) is 8.89. The summed E-state index contributed by atoms with van der Waals surface area (Å²) in [6.45, 7) is 1.07. The Kier molecular flexibility index (Phi) is 4.52. The quantitative estimate of drug-likeness (QED) is 0.786. The summed E-state index contributed by atoms with van der Waals surface area (Å²) in [7, 11) is 0. The van der Waals surface area contributed by atoms with Crippen LogP contribution in [0.4, 0.5) is 10.5 Å². The molecule has 7 nitrogen and oxygen atoms in total. The van der Waals surface area contributed by atoms with E-state index in [4.69, 9.17) is 0 Å². The number of piperazine rings is 1. The van der Waals surface area contributed by atoms with Gasteiger partial charge in [-0.3, -0.25) is 9.59 Å². The van der Waals surface area contributed by atoms with Crippen LogP contribution in [0.25, 0.3) is 0 Å². The molecule has 0 aromatic heterocycles. The first-order chi connectivity index (χ1) is 12.6. The van der Waals surface area contributed by atoms with Crippen LogP contribution in [0.3, 0.4) is 0 Å². The molecule has 26 heavy (non-hydrogen) atoms. The first-order valence-corrected chi connectivity index (χ1v) is 10.1. The van der Waals surface area contributed by atoms with Crippen LogP contribution >= 0.6 is 11.8 Å². The van der Waals surface area contributed by atoms with Gasteiger partial charge in [-0.25, -0.2) is 4.79 Å². The van der Waals surface area contributed by atoms with Crippen LogP contribution in [0.2, 0.25) is 0 Å². The highest BCUT2D eigenvalue weighted by atomic mass is 32.2. The topological polar surface area (TPSA) is 81.8 Å². The summed E-state index contributed by atoms with van der Waals surface area (Å²) >= 11 is 1.64. The summed E-state index contributed by atoms with van der Waals surface area (Å²) in [4.78, 5) is 42.0. The van der Waals surface area contributed by atoms with Gasteiger partial charge in [0.2, 0.25) is 11.8 Å². The van der Waals surface area contributed by atoms with Crippen molar-refractivity contribution in [2.75, 3.05) is 24.7 Å². The van der Waals surface area contributed by atoms with Gasteiger partial charge in [-0.15, -0.1) is 11.8 Å². The number of carbonyl (C=O) groups excluding carboxylic acids is 3. The second-order valence-corrected chi connectivity index (χ2v) is 7.84. The Balaban J connectivity index is 1.37. The van der Waals surface area contributed by atoms with Crippen molar-refractivity contribution in [2.24, 2.45) is 0 Å². The van der Waals surface area contributed by atoms with E-state index in [2.05, 4.69) is 10.6 Å². The monoisotopic (exact) mass is 374 g/mol. The summed E-state index contributed by atoms with van der Waals surface area (Å²) in [5.41, 5.74) is 0.712. The molecule has 0 bridgehead atoms. The third-order valence-electron chi connectivity index (χ3n) is 5.37. The molecule has 3 saturated heterocycles. The highest BCUT2D eigenvalue weighted by molar-refractivity contribution is 7.98. The molecule has 8 heteroatoms. The number of amides is 4. The Morgan fingerprint density at radius 2 is 1.85 bits per heavy atom. The van der Waals surface area contributed by atoms with Crippen LogP contribution in [-0.2, 0) is 9.59 Å². The molecule has 1 aromatic rings. The van der Waals surface area contributed by atoms with Gasteiger partial charge in [-0.1, -0.05) is 0 Å². The molecular formula is C18H22N4O3S. The minimum Gasteiger partial charge on any atom is -0.333 e. The van der Waals surface area contributed by atoms with Crippen molar-refractivity contribution in [1.29, 1.82) is 0 Å². The number of benzene rings is 1. The van der Waals surface area contributed by atoms with E-state index in [1.54, 1.807) is 21.6 Å². The Bertz CT molecular complexity index is 708. The molecule has 2 N–H and O–H groups in total. The van der Waals surface area contributed by atoms with E-state index in [0.29, 0.717) is 25.2 Å². The van der Waals surface area contributed by atoms with Crippen LogP contribution in [0.15, 0.2) is 29.2 Å². The number of fused-ring (bicyclic) bond motifs is 2. The number of anilines is 1. The van der Waals surface area contributed by atoms with Crippen LogP contribution in [0.1, 0.15) is 19.3 Å². The lowest BCUT2D eigenvalue weighted by molar-refractivity contribution is -0.156. The van der Waals surface area contributed by atoms with E-state index in [1.807, 2.05) is 30.5 Å². The fraction of sp³-hybridized carbons (Fsp3) is 0.500. The zero-order valence-electron chi connectivity index (χ0n) is 14.6. The van der Waals surface area contributed by atoms with Crippen LogP contribution in [0.5, 0.6) is 0 Å². The van der Waals surface area contributed by atoms with E-state index in [9.17, 15) is 14.4 Å². The van der Waals surface area contributed by atoms with E-state index in [-0.39, 0.29) is 29.9 Å². The predicted octanol–water partition coefficient (Wildman–Crippen LogP) is 1.50. The fourth-order valence-corrected chi connectivity index (χ4v) is 4.52. The van der Waals surface area contributed by atoms with Gasteiger partial charge in [-0.2, -0.15) is 0 Å². The van der Waals surface area contributed by atoms with E-state index in [1.165, 1.54) is 0 Å². The highest BCUT2D eigenvalue weighted by Gasteiger charge is 2.51. The van der Waals surface area contributed by atoms with Crippen LogP contribution in [0, 0.1) is 0 Å². The van der Waals surface area contributed by atoms with E-state index < -0.39 is 6.04 Å². The Labute approximate surface area is 156 Å². The van der Waals surface area contributed by atoms with Crippen molar-refractivity contribution >= 4 is 35.3 Å². The van der Waals surface area contributed by atoms with Crippen LogP contribution < -0.4 is 10.6 Å². The lowest BCUT2D eigenvalue weighted by Gasteiger charge is -2.38. The average molecular weight is 374 g/mol. The van der Waals surface area contributed by atoms with Gasteiger partial charge in [0.1, 0.15) is 12.1 Å². The molecule has 4 rings (SSSR count). The van der Waals surface area contributed by atoms with Gasteiger partial charge >= 0.3 is 6.03 Å². The van der Waals surface area contributed by atoms with Crippen molar-refractivity contribution in [2.45, 2.75) is 42.3 Å². The van der Waals surface area contributed by atoms with Gasteiger partial charge in [0, 0.05) is 23.7 Å². The Hall–Kier alpha value is -2.22. The lowest BCUT2D eigenvalue weighted by Crippen LogP contribution is -2.60. The minimum absolute atomic E-state index is 0.0319. The smallest absolute Gasteiger partial charge is 0.319 e. The first kappa shape index (κ1) is 17.2. The molecular weight excluding hydrogens is 352 g/mol. The van der Waals surface area contributed by atoms with Gasteiger partial charge in [0.25, 0.3) is 0 Å². The molecule has 3 aliphatic rings. The zero-order valence-corrected chi connectivity index (χ0v) is 15.4. The number of carbonyl (C=O) groups is 3. The molecule has 3 atom stereocenters. The van der Waals surface area contributed by atoms with Crippen molar-refractivity contribution in [1.82, 2.24) is 15.1 Å². The van der Waals surface area contributed by atoms with Crippen molar-refractivity contribution in [3.05, 3.63) is 24.3 Å². The second-order valence-electron chi connectivity index (χ2n) is 6.96. The van der Waals surface area contributed by atoms with E-state index >= 15 is 0 Å². The molecule has 0 spiro atoms. The molecule has 0 unspecified atom stereocenters. The molecule has 3 aliphatic heterocycles. The molecule has 1 aromatic carbocycles. The SMILES string of the molecule is CSc1ccc(NC(=O)N[C@H]2C[C@H]3C(=O)N4CCC[C@H]4C(=O)N3C2)cc1. The summed E-state index contributed by atoms with van der Waals surface area (Å²) in [5, 5.41) is 5.70. The summed E-state index contributed by atoms with van der Waals surface area (Å²) in [6.07, 6.45) is 4.12. The number of nitrogens with zero attached hydrogens (tertiary/aromatic N) is 2. The molecule has 3 fully saturated rings. The second kappa shape index (κ2) is 6.83. The molecule has 138 valence electrons. The zero-order chi connectivity index (χ0) is 18.3. The third kappa shape index (κ3) is 3.02. The number of urea groups is 1. The summed E-state index contributed by atoms with van der Waals surface area (Å²) in [5.74, 6) is 0.0638. The fourth-order valence-electron chi connectivity index (χ4n) is 4.12. The molecule has 0 saturated carbocycles. The standard InChI is InChI=1S/C18H22N4O3S/c1-26-13-6-4-11(5-7-13)19-18(25)20-12-9-15-17(24)21-8-2-3-14(21)16(23)22(15)10-12/h4-7,12,14-15H,2-3,8-10H2,1H3,(H2,19,20,25)/t12-,14-,15-/m0/s1. The van der Waals surface area contributed by atoms with Crippen LogP contribution in [-0.4, -0.2) is 65.1 Å². The lowest BCUT2D eigenvalue weighted by atomic mass is 10.1. The highest BCUT2D eigenvalue weighted by Crippen LogP contribution is 2.32. The maximum Gasteiger partial charge on any atom is 0.319 e. The van der Waals surface area contributed by atoms with Gasteiger partial charge in [0.15, 0.2) is 0 Å². The van der Waals surface area contributed by atoms with Gasteiger partial charge in [-0.05, 0) is 49.8 Å². The maximum atomic E-state index is 12.6. The van der Waals surface area contributed by atoms with Crippen molar-refractivity contribution < 1.29 is 14.4 Å². The third-order valence-corrected chi connectivity index (χ3v) is 6.12. The van der Waals surface area contributed by atoms with Gasteiger partial charge in [0.05, 0.1) is 6.04 Å². The minimum atomic E-state index is -0.428. The molecule has 3 heterocycles. The predicted molar refractivity (Wildman–Crippen MR) is 99.0 cm³/mol. The number of hydrogen-bond acceptors (Lipinski definition) is 4. The van der Waals surface area contributed by atoms with E-state index in [0.717, 1.165) is 17.7 Å². The largest absolute Gasteiger partial charge is 0.333 e. The average Bonchev–Trinajstić information content (AvgIpc) is 3.28. The molecule has 0 radical (unpaired) electrons. The summed E-state index contributed by atoms with van der Waals surface area (Å²) < 4.78 is 0. The summed E-state index contributed by atoms with van der Waals surface area (Å²) in [6, 6.07) is 6.35. The molecule has 0 aliphatic carbocycles. The maximum absolute atomic E-state index is 12.6. The Morgan fingerprint density at radius 3 is 2.58 bits per heavy atom. The molecule has 4 amide bonds. The van der Waals surface area contributed by atoms with Crippen molar-refractivity contribution in [3.63, 3.8) is 0 Å². The van der Waals surface area contributed by atoms with Crippen molar-refractivity contribution in [3.8, 4) is 0 Å². The van der Waals surface area contributed by atoms with Gasteiger partial charge < -0.3 is 20.4 Å².